The molecule has 8 nitrogen and oxygen atoms in total. The van der Waals surface area contributed by atoms with Crippen molar-refractivity contribution in [3.8, 4) is 0 Å². The number of hydrogen-bond donors (Lipinski definition) is 5. The quantitative estimate of drug-likeness (QED) is 0.391. The smallest absolute Gasteiger partial charge is 0.324 e. The van der Waals surface area contributed by atoms with Crippen LogP contribution in [-0.4, -0.2) is 35.2 Å². The summed E-state index contributed by atoms with van der Waals surface area (Å²) >= 11 is 0. The van der Waals surface area contributed by atoms with Crippen molar-refractivity contribution in [1.29, 1.82) is 0 Å². The average molecular weight is 270 g/mol. The minimum Gasteiger partial charge on any atom is -0.324 e. The van der Waals surface area contributed by atoms with Crippen LogP contribution in [0.15, 0.2) is 31.1 Å². The summed E-state index contributed by atoms with van der Waals surface area (Å²) in [7, 11) is -9.56. The summed E-state index contributed by atoms with van der Waals surface area (Å²) < 4.78 is 20.7. The molecule has 16 heavy (non-hydrogen) atoms. The van der Waals surface area contributed by atoms with E-state index in [1.54, 1.807) is 12.4 Å². The van der Waals surface area contributed by atoms with E-state index in [4.69, 9.17) is 19.6 Å². The second kappa shape index (κ2) is 6.10. The lowest BCUT2D eigenvalue weighted by Gasteiger charge is -2.14. The van der Waals surface area contributed by atoms with Crippen molar-refractivity contribution in [3.63, 3.8) is 0 Å². The molecule has 1 aromatic rings. The number of H-pyrrole nitrogens is 1. The van der Waals surface area contributed by atoms with Gasteiger partial charge in [0.2, 0.25) is 0 Å². The third kappa shape index (κ3) is 5.97. The molecule has 92 valence electrons. The molecule has 5 N–H and O–H groups in total. The van der Waals surface area contributed by atoms with Gasteiger partial charge in [-0.2, -0.15) is 5.10 Å². The van der Waals surface area contributed by atoms with Crippen molar-refractivity contribution in [3.05, 3.63) is 31.1 Å². The van der Waals surface area contributed by atoms with Gasteiger partial charge in [0.05, 0.1) is 0 Å². The molecule has 0 spiro atoms. The molecule has 1 rings (SSSR count). The molecule has 0 aliphatic rings. The number of aromatic nitrogens is 2. The summed E-state index contributed by atoms with van der Waals surface area (Å²) in [6.45, 7) is 2.91. The lowest BCUT2D eigenvalue weighted by Crippen LogP contribution is -2.04. The lowest BCUT2D eigenvalue weighted by atomic mass is 10.8. The highest BCUT2D eigenvalue weighted by Crippen LogP contribution is 2.60. The number of rotatable bonds is 3. The number of allylic oxidation sites excluding steroid dienone is 1. The third-order valence-electron chi connectivity index (χ3n) is 1.31. The summed E-state index contributed by atoms with van der Waals surface area (Å²) in [5.41, 5.74) is 0. The topological polar surface area (TPSA) is 144 Å². The summed E-state index contributed by atoms with van der Waals surface area (Å²) in [5.74, 6) is 0. The van der Waals surface area contributed by atoms with Gasteiger partial charge in [0.1, 0.15) is 0 Å². The highest BCUT2D eigenvalue weighted by Gasteiger charge is 2.40. The minimum atomic E-state index is -4.78. The maximum absolute atomic E-state index is 10.3. The van der Waals surface area contributed by atoms with Crippen LogP contribution in [-0.2, 0) is 9.13 Å². The summed E-state index contributed by atoms with van der Waals surface area (Å²) in [5, 5.41) is 4.12. The van der Waals surface area contributed by atoms with Crippen LogP contribution >= 0.6 is 15.2 Å². The second-order valence-electron chi connectivity index (χ2n) is 2.59. The van der Waals surface area contributed by atoms with E-state index in [0.29, 0.717) is 6.08 Å². The molecule has 1 heterocycles. The highest BCUT2D eigenvalue weighted by molar-refractivity contribution is 7.71. The Balaban J connectivity index is 0.000000368. The second-order valence-corrected chi connectivity index (χ2v) is 6.47. The predicted octanol–water partition coefficient (Wildman–Crippen LogP) is 0.264. The van der Waals surface area contributed by atoms with Crippen molar-refractivity contribution in [2.45, 2.75) is 5.40 Å². The van der Waals surface area contributed by atoms with Crippen LogP contribution < -0.4 is 0 Å². The Morgan fingerprint density at radius 3 is 1.81 bits per heavy atom. The van der Waals surface area contributed by atoms with E-state index >= 15 is 0 Å². The SMILES string of the molecule is C=CC(P(=O)(O)O)P(=O)(O)O.c1cn[nH]c1. The van der Waals surface area contributed by atoms with Crippen molar-refractivity contribution < 1.29 is 28.7 Å². The molecule has 0 fully saturated rings. The first-order chi connectivity index (χ1) is 7.19. The molecule has 0 radical (unpaired) electrons. The third-order valence-corrected chi connectivity index (χ3v) is 4.91. The molecule has 0 aromatic carbocycles. The maximum Gasteiger partial charge on any atom is 0.344 e. The first-order valence-electron chi connectivity index (χ1n) is 3.86. The molecule has 0 bridgehead atoms. The first-order valence-corrected chi connectivity index (χ1v) is 7.22. The van der Waals surface area contributed by atoms with Crippen molar-refractivity contribution in [2.75, 3.05) is 0 Å². The van der Waals surface area contributed by atoms with Crippen molar-refractivity contribution >= 4 is 15.2 Å². The molecule has 0 aliphatic heterocycles. The fourth-order valence-corrected chi connectivity index (χ4v) is 2.80. The number of aromatic amines is 1. The maximum atomic E-state index is 10.3. The van der Waals surface area contributed by atoms with E-state index in [1.807, 2.05) is 6.07 Å². The van der Waals surface area contributed by atoms with E-state index in [1.165, 1.54) is 0 Å². The van der Waals surface area contributed by atoms with Gasteiger partial charge in [0, 0.05) is 12.4 Å². The van der Waals surface area contributed by atoms with Gasteiger partial charge in [-0.25, -0.2) is 0 Å². The van der Waals surface area contributed by atoms with E-state index in [-0.39, 0.29) is 0 Å². The van der Waals surface area contributed by atoms with E-state index < -0.39 is 20.6 Å². The Morgan fingerprint density at radius 2 is 1.75 bits per heavy atom. The molecule has 0 amide bonds. The number of nitrogens with one attached hydrogen (secondary N) is 1. The van der Waals surface area contributed by atoms with Crippen LogP contribution in [0, 0.1) is 0 Å². The zero-order valence-electron chi connectivity index (χ0n) is 8.04. The van der Waals surface area contributed by atoms with Gasteiger partial charge in [0.15, 0.2) is 5.40 Å². The van der Waals surface area contributed by atoms with E-state index in [9.17, 15) is 9.13 Å². The standard InChI is InChI=1S/C3H4N2.C3H8O6P2/c1-2-4-5-3-1;1-2-3(10(4,5)6)11(7,8)9/h1-3H,(H,4,5);2-3H,1H2,(H2,4,5,6)(H2,7,8,9). The predicted molar refractivity (Wildman–Crippen MR) is 56.7 cm³/mol. The Hall–Kier alpha value is -0.750. The molecule has 0 aliphatic carbocycles. The monoisotopic (exact) mass is 270 g/mol. The molecule has 0 atom stereocenters. The highest BCUT2D eigenvalue weighted by atomic mass is 31.2. The van der Waals surface area contributed by atoms with Gasteiger partial charge < -0.3 is 19.6 Å². The van der Waals surface area contributed by atoms with E-state index in [2.05, 4.69) is 16.8 Å². The molecule has 0 unspecified atom stereocenters. The molecular formula is C6H12N2O6P2. The Morgan fingerprint density at radius 1 is 1.25 bits per heavy atom. The minimum absolute atomic E-state index is 0.557. The van der Waals surface area contributed by atoms with Crippen LogP contribution in [0.25, 0.3) is 0 Å². The Kier molecular flexibility index (Phi) is 5.81. The molecule has 10 heteroatoms. The van der Waals surface area contributed by atoms with Gasteiger partial charge in [-0.1, -0.05) is 6.08 Å². The lowest BCUT2D eigenvalue weighted by molar-refractivity contribution is 0.347. The fraction of sp³-hybridized carbons (Fsp3) is 0.167. The molecule has 0 saturated carbocycles. The van der Waals surface area contributed by atoms with Crippen LogP contribution in [0.5, 0.6) is 0 Å². The molecule has 1 aromatic heterocycles. The summed E-state index contributed by atoms with van der Waals surface area (Å²) in [6.07, 6.45) is 4.02. The average Bonchev–Trinajstić information content (AvgIpc) is 2.54. The van der Waals surface area contributed by atoms with Gasteiger partial charge in [0.25, 0.3) is 0 Å². The zero-order chi connectivity index (χ0) is 12.8. The van der Waals surface area contributed by atoms with Crippen LogP contribution in [0.1, 0.15) is 0 Å². The van der Waals surface area contributed by atoms with Gasteiger partial charge in [-0.05, 0) is 6.07 Å². The Bertz CT molecular complexity index is 354. The van der Waals surface area contributed by atoms with Crippen LogP contribution in [0.2, 0.25) is 0 Å². The summed E-state index contributed by atoms with van der Waals surface area (Å²) in [6, 6.07) is 1.83. The van der Waals surface area contributed by atoms with Crippen LogP contribution in [0.4, 0.5) is 0 Å². The van der Waals surface area contributed by atoms with Gasteiger partial charge in [-0.15, -0.1) is 6.58 Å². The largest absolute Gasteiger partial charge is 0.344 e. The molecular weight excluding hydrogens is 258 g/mol. The van der Waals surface area contributed by atoms with Crippen molar-refractivity contribution in [2.24, 2.45) is 0 Å². The normalized spacial score (nSPS) is 11.8. The van der Waals surface area contributed by atoms with Crippen molar-refractivity contribution in [1.82, 2.24) is 10.2 Å². The van der Waals surface area contributed by atoms with Gasteiger partial charge in [-0.3, -0.25) is 14.2 Å². The number of hydrogen-bond acceptors (Lipinski definition) is 3. The van der Waals surface area contributed by atoms with Crippen LogP contribution in [0.3, 0.4) is 0 Å². The zero-order valence-corrected chi connectivity index (χ0v) is 9.83. The Labute approximate surface area is 91.3 Å². The molecule has 0 saturated heterocycles. The van der Waals surface area contributed by atoms with Gasteiger partial charge >= 0.3 is 15.2 Å². The summed E-state index contributed by atoms with van der Waals surface area (Å²) in [4.78, 5) is 33.4. The fourth-order valence-electron chi connectivity index (χ4n) is 0.686. The van der Waals surface area contributed by atoms with E-state index in [0.717, 1.165) is 0 Å². The number of nitrogens with zero attached hydrogens (tertiary/aromatic N) is 1. The first kappa shape index (κ1) is 15.2.